The molecule has 0 aromatic rings. The van der Waals surface area contributed by atoms with E-state index in [-0.39, 0.29) is 0 Å². The van der Waals surface area contributed by atoms with Gasteiger partial charge in [0.15, 0.2) is 0 Å². The topological polar surface area (TPSA) is 0 Å². The predicted octanol–water partition coefficient (Wildman–Crippen LogP) is 1.58. The maximum absolute atomic E-state index is 2.41. The van der Waals surface area contributed by atoms with Crippen molar-refractivity contribution >= 4 is 0 Å². The fourth-order valence-electron chi connectivity index (χ4n) is 2.20. The highest BCUT2D eigenvalue weighted by Gasteiger charge is 2.77. The van der Waals surface area contributed by atoms with Crippen molar-refractivity contribution in [3.05, 3.63) is 12.2 Å². The summed E-state index contributed by atoms with van der Waals surface area (Å²) in [7, 11) is 0. The minimum atomic E-state index is 0.917. The fourth-order valence-corrected chi connectivity index (χ4v) is 2.20. The quantitative estimate of drug-likeness (QED) is 0.398. The average Bonchev–Trinajstić information content (AvgIpc) is 2.41. The van der Waals surface area contributed by atoms with Gasteiger partial charge in [-0.05, 0) is 30.1 Å². The number of allylic oxidation sites excluding steroid dienone is 2. The molecule has 0 nitrogen and oxygen atoms in total. The third-order valence-corrected chi connectivity index (χ3v) is 3.01. The molecule has 1 unspecified atom stereocenters. The largest absolute Gasteiger partial charge is 0.0876 e. The first-order chi connectivity index (χ1) is 3.43. The van der Waals surface area contributed by atoms with Crippen molar-refractivity contribution in [2.24, 2.45) is 17.3 Å². The van der Waals surface area contributed by atoms with E-state index in [1.165, 1.54) is 12.3 Å². The van der Waals surface area contributed by atoms with Gasteiger partial charge in [-0.1, -0.05) is 12.2 Å². The molecule has 0 radical (unpaired) electrons. The molecular weight excluding hydrogens is 84.1 g/mol. The van der Waals surface area contributed by atoms with E-state index in [4.69, 9.17) is 0 Å². The van der Waals surface area contributed by atoms with Crippen molar-refractivity contribution in [3.63, 3.8) is 0 Å². The highest BCUT2D eigenvalue weighted by atomic mass is 14.8. The molecule has 1 spiro atoms. The van der Waals surface area contributed by atoms with Gasteiger partial charge in [0.25, 0.3) is 0 Å². The van der Waals surface area contributed by atoms with E-state index in [1.807, 2.05) is 0 Å². The van der Waals surface area contributed by atoms with E-state index in [2.05, 4.69) is 12.2 Å². The molecule has 2 fully saturated rings. The van der Waals surface area contributed by atoms with E-state index in [0.717, 1.165) is 11.3 Å². The maximum atomic E-state index is 2.41. The number of rotatable bonds is 0. The molecule has 3 aliphatic carbocycles. The van der Waals surface area contributed by atoms with Gasteiger partial charge in [0.2, 0.25) is 0 Å². The van der Waals surface area contributed by atoms with Crippen molar-refractivity contribution in [2.45, 2.75) is 12.8 Å². The third kappa shape index (κ3) is 0.142. The van der Waals surface area contributed by atoms with Crippen LogP contribution in [0.5, 0.6) is 0 Å². The van der Waals surface area contributed by atoms with Crippen LogP contribution in [0.15, 0.2) is 12.2 Å². The van der Waals surface area contributed by atoms with E-state index in [0.29, 0.717) is 0 Å². The highest BCUT2D eigenvalue weighted by molar-refractivity contribution is 5.36. The zero-order valence-electron chi connectivity index (χ0n) is 4.22. The minimum Gasteiger partial charge on any atom is -0.0876 e. The van der Waals surface area contributed by atoms with Crippen LogP contribution in [0.2, 0.25) is 0 Å². The zero-order valence-corrected chi connectivity index (χ0v) is 4.22. The lowest BCUT2D eigenvalue weighted by atomic mass is 10.1. The Hall–Kier alpha value is -0.260. The van der Waals surface area contributed by atoms with E-state index >= 15 is 0 Å². The monoisotopic (exact) mass is 92.1 g/mol. The highest BCUT2D eigenvalue weighted by Crippen LogP contribution is 2.84. The summed E-state index contributed by atoms with van der Waals surface area (Å²) in [5.41, 5.74) is 0.917. The second kappa shape index (κ2) is 0.521. The van der Waals surface area contributed by atoms with Gasteiger partial charge in [0.05, 0.1) is 0 Å². The summed E-state index contributed by atoms with van der Waals surface area (Å²) in [6.45, 7) is 0. The molecule has 0 aromatic carbocycles. The van der Waals surface area contributed by atoms with Crippen LogP contribution in [0.3, 0.4) is 0 Å². The Labute approximate surface area is 43.2 Å². The van der Waals surface area contributed by atoms with Crippen molar-refractivity contribution in [2.75, 3.05) is 0 Å². The van der Waals surface area contributed by atoms with E-state index in [1.54, 1.807) is 6.42 Å². The first kappa shape index (κ1) is 2.91. The third-order valence-electron chi connectivity index (χ3n) is 3.01. The molecule has 3 rings (SSSR count). The Bertz CT molecular complexity index is 157. The van der Waals surface area contributed by atoms with Crippen LogP contribution in [0.1, 0.15) is 12.8 Å². The first-order valence-electron chi connectivity index (χ1n) is 3.10. The molecule has 0 amide bonds. The van der Waals surface area contributed by atoms with Crippen molar-refractivity contribution < 1.29 is 0 Å². The predicted molar refractivity (Wildman–Crippen MR) is 27.8 cm³/mol. The summed E-state index contributed by atoms with van der Waals surface area (Å²) in [6, 6.07) is 0. The number of fused-ring (bicyclic) bond motifs is 1. The Kier molecular flexibility index (Phi) is 0.216. The summed E-state index contributed by atoms with van der Waals surface area (Å²) >= 11 is 0. The molecular formula is C7H8. The molecule has 0 bridgehead atoms. The molecule has 0 N–H and O–H groups in total. The Morgan fingerprint density at radius 1 is 1.57 bits per heavy atom. The fraction of sp³-hybridized carbons (Fsp3) is 0.714. The summed E-state index contributed by atoms with van der Waals surface area (Å²) in [5.74, 6) is 2.25. The van der Waals surface area contributed by atoms with Gasteiger partial charge in [-0.3, -0.25) is 0 Å². The van der Waals surface area contributed by atoms with Crippen LogP contribution in [-0.2, 0) is 0 Å². The normalized spacial score (nSPS) is 69.7. The summed E-state index contributed by atoms with van der Waals surface area (Å²) < 4.78 is 0. The van der Waals surface area contributed by atoms with Gasteiger partial charge in [-0.2, -0.15) is 0 Å². The van der Waals surface area contributed by atoms with Crippen LogP contribution >= 0.6 is 0 Å². The molecule has 2 saturated carbocycles. The van der Waals surface area contributed by atoms with Gasteiger partial charge < -0.3 is 0 Å². The summed E-state index contributed by atoms with van der Waals surface area (Å²) in [5, 5.41) is 0. The molecule has 0 heteroatoms. The van der Waals surface area contributed by atoms with E-state index in [9.17, 15) is 0 Å². The lowest BCUT2D eigenvalue weighted by molar-refractivity contribution is 0.603. The molecule has 3 aliphatic rings. The average molecular weight is 92.1 g/mol. The Morgan fingerprint density at radius 3 is 2.86 bits per heavy atom. The second-order valence-corrected chi connectivity index (χ2v) is 3.20. The smallest absolute Gasteiger partial charge is 0.0137 e. The van der Waals surface area contributed by atoms with Crippen LogP contribution < -0.4 is 0 Å². The van der Waals surface area contributed by atoms with Crippen LogP contribution in [0.4, 0.5) is 0 Å². The van der Waals surface area contributed by atoms with Crippen molar-refractivity contribution in [3.8, 4) is 0 Å². The van der Waals surface area contributed by atoms with Crippen LogP contribution in [-0.4, -0.2) is 0 Å². The number of hydrogen-bond acceptors (Lipinski definition) is 0. The SMILES string of the molecule is C1=C[C@H]2C3C[C@@]32C1. The van der Waals surface area contributed by atoms with Crippen LogP contribution in [0.25, 0.3) is 0 Å². The summed E-state index contributed by atoms with van der Waals surface area (Å²) in [4.78, 5) is 0. The number of hydrogen-bond donors (Lipinski definition) is 0. The van der Waals surface area contributed by atoms with Gasteiger partial charge >= 0.3 is 0 Å². The molecule has 36 valence electrons. The van der Waals surface area contributed by atoms with Crippen molar-refractivity contribution in [1.82, 2.24) is 0 Å². The molecule has 3 atom stereocenters. The summed E-state index contributed by atoms with van der Waals surface area (Å²) in [6.07, 6.45) is 7.75. The zero-order chi connectivity index (χ0) is 4.48. The molecule has 0 aromatic heterocycles. The Balaban J connectivity index is 2.17. The molecule has 0 aliphatic heterocycles. The Morgan fingerprint density at radius 2 is 2.57 bits per heavy atom. The molecule has 0 saturated heterocycles. The van der Waals surface area contributed by atoms with E-state index < -0.39 is 0 Å². The lowest BCUT2D eigenvalue weighted by Gasteiger charge is -1.93. The first-order valence-corrected chi connectivity index (χ1v) is 3.10. The van der Waals surface area contributed by atoms with Crippen molar-refractivity contribution in [1.29, 1.82) is 0 Å². The molecule has 0 heterocycles. The lowest BCUT2D eigenvalue weighted by Crippen LogP contribution is -1.85. The van der Waals surface area contributed by atoms with Gasteiger partial charge in [0, 0.05) is 0 Å². The van der Waals surface area contributed by atoms with Crippen LogP contribution in [0, 0.1) is 17.3 Å². The minimum absolute atomic E-state index is 0.917. The van der Waals surface area contributed by atoms with Gasteiger partial charge in [-0.15, -0.1) is 0 Å². The second-order valence-electron chi connectivity index (χ2n) is 3.20. The molecule has 7 heavy (non-hydrogen) atoms. The standard InChI is InChI=1S/C7H8/c1-2-5-6-4-7(5,6)3-1/h1-2,5-6H,3-4H2/t5-,6?,7+/m0/s1. The van der Waals surface area contributed by atoms with Gasteiger partial charge in [0.1, 0.15) is 0 Å². The van der Waals surface area contributed by atoms with Gasteiger partial charge in [-0.25, -0.2) is 0 Å². The maximum Gasteiger partial charge on any atom is -0.0137 e.